The van der Waals surface area contributed by atoms with Crippen molar-refractivity contribution in [2.75, 3.05) is 33.4 Å². The zero-order chi connectivity index (χ0) is 24.9. The fraction of sp³-hybridized carbons (Fsp3) is 0.636. The molecule has 3 rings (SSSR count). The number of carbonyl (C=O) groups is 2. The first-order valence-electron chi connectivity index (χ1n) is 11.3. The van der Waals surface area contributed by atoms with Crippen LogP contribution in [0.15, 0.2) is 18.2 Å². The Morgan fingerprint density at radius 2 is 1.94 bits per heavy atom. The number of urea groups is 2. The minimum Gasteiger partial charge on any atom is -0.406 e. The largest absolute Gasteiger partial charge is 0.573 e. The average molecular weight is 490 g/mol. The van der Waals surface area contributed by atoms with Gasteiger partial charge >= 0.3 is 18.4 Å². The number of piperidine rings is 1. The summed E-state index contributed by atoms with van der Waals surface area (Å²) in [7, 11) is 1.55. The van der Waals surface area contributed by atoms with E-state index in [0.29, 0.717) is 38.8 Å². The number of amides is 4. The van der Waals surface area contributed by atoms with Crippen molar-refractivity contribution in [2.24, 2.45) is 5.92 Å². The van der Waals surface area contributed by atoms with Crippen LogP contribution in [0.5, 0.6) is 5.75 Å². The quantitative estimate of drug-likeness (QED) is 0.547. The predicted octanol–water partition coefficient (Wildman–Crippen LogP) is 3.46. The van der Waals surface area contributed by atoms with Crippen molar-refractivity contribution in [1.29, 1.82) is 0 Å². The van der Waals surface area contributed by atoms with E-state index in [1.165, 1.54) is 0 Å². The number of nitrogens with zero attached hydrogens (tertiary/aromatic N) is 2. The molecule has 1 saturated heterocycles. The van der Waals surface area contributed by atoms with Crippen LogP contribution in [-0.4, -0.2) is 73.7 Å². The molecule has 2 N–H and O–H groups in total. The normalized spacial score (nSPS) is 20.6. The highest BCUT2D eigenvalue weighted by atomic mass is 19.4. The van der Waals surface area contributed by atoms with Crippen molar-refractivity contribution in [3.8, 4) is 5.75 Å². The number of likely N-dealkylation sites (tertiary alicyclic amines) is 1. The predicted molar refractivity (Wildman–Crippen MR) is 115 cm³/mol. The summed E-state index contributed by atoms with van der Waals surface area (Å²) in [6.07, 6.45) is -2.60. The van der Waals surface area contributed by atoms with Crippen molar-refractivity contribution in [1.82, 2.24) is 20.4 Å². The molecule has 1 aromatic carbocycles. The fourth-order valence-corrected chi connectivity index (χ4v) is 4.22. The third-order valence-corrected chi connectivity index (χ3v) is 5.83. The molecule has 1 heterocycles. The lowest BCUT2D eigenvalue weighted by molar-refractivity contribution is -0.274. The Morgan fingerprint density at radius 1 is 1.21 bits per heavy atom. The number of nitrogens with one attached hydrogen (secondary N) is 2. The number of alkyl halides is 3. The molecule has 1 aliphatic carbocycles. The Kier molecular flexibility index (Phi) is 8.45. The molecule has 0 spiro atoms. The Bertz CT molecular complexity index is 866. The summed E-state index contributed by atoms with van der Waals surface area (Å²) < 4.78 is 60.5. The van der Waals surface area contributed by atoms with Crippen LogP contribution >= 0.6 is 0 Å². The highest BCUT2D eigenvalue weighted by Gasteiger charge is 2.42. The molecule has 12 heteroatoms. The molecule has 2 aliphatic rings. The van der Waals surface area contributed by atoms with Gasteiger partial charge in [-0.05, 0) is 32.3 Å². The summed E-state index contributed by atoms with van der Waals surface area (Å²) in [6, 6.07) is 1.92. The van der Waals surface area contributed by atoms with Gasteiger partial charge in [-0.15, -0.1) is 13.2 Å². The smallest absolute Gasteiger partial charge is 0.406 e. The van der Waals surface area contributed by atoms with E-state index in [-0.39, 0.29) is 36.1 Å². The summed E-state index contributed by atoms with van der Waals surface area (Å²) in [5.41, 5.74) is 0.0310. The Labute approximate surface area is 195 Å². The molecular formula is C22H30F4N4O4. The molecule has 2 fully saturated rings. The van der Waals surface area contributed by atoms with E-state index in [1.54, 1.807) is 16.8 Å². The van der Waals surface area contributed by atoms with E-state index in [4.69, 9.17) is 4.74 Å². The number of ether oxygens (including phenoxy) is 2. The lowest BCUT2D eigenvalue weighted by Gasteiger charge is -2.42. The van der Waals surface area contributed by atoms with Crippen molar-refractivity contribution in [3.05, 3.63) is 29.6 Å². The van der Waals surface area contributed by atoms with Gasteiger partial charge in [-0.2, -0.15) is 0 Å². The third kappa shape index (κ3) is 7.12. The summed E-state index contributed by atoms with van der Waals surface area (Å²) in [4.78, 5) is 28.8. The third-order valence-electron chi connectivity index (χ3n) is 5.83. The lowest BCUT2D eigenvalue weighted by atomic mass is 9.93. The van der Waals surface area contributed by atoms with Gasteiger partial charge in [-0.3, -0.25) is 0 Å². The monoisotopic (exact) mass is 490 g/mol. The van der Waals surface area contributed by atoms with Gasteiger partial charge in [0.15, 0.2) is 0 Å². The van der Waals surface area contributed by atoms with Gasteiger partial charge in [0.2, 0.25) is 0 Å². The Morgan fingerprint density at radius 3 is 2.53 bits per heavy atom. The second kappa shape index (κ2) is 11.1. The zero-order valence-corrected chi connectivity index (χ0v) is 19.2. The number of hydrogen-bond donors (Lipinski definition) is 2. The lowest BCUT2D eigenvalue weighted by Crippen LogP contribution is -2.58. The molecule has 1 saturated carbocycles. The van der Waals surface area contributed by atoms with Crippen molar-refractivity contribution < 1.29 is 36.6 Å². The van der Waals surface area contributed by atoms with Gasteiger partial charge in [0.1, 0.15) is 11.6 Å². The van der Waals surface area contributed by atoms with Gasteiger partial charge in [-0.25, -0.2) is 14.0 Å². The first-order valence-corrected chi connectivity index (χ1v) is 11.3. The molecule has 1 aliphatic heterocycles. The number of benzene rings is 1. The molecule has 1 aromatic rings. The van der Waals surface area contributed by atoms with Crippen LogP contribution in [0.1, 0.15) is 31.7 Å². The minimum absolute atomic E-state index is 0.0230. The standard InChI is InChI=1S/C22H30F4N4O4/c1-3-33-13-14-8-17(12-29(11-14)20(31)27-2)30(16-5-6-16)21(32)28-10-15-4-7-18(9-19(15)23)34-22(24,25)26/h4,7,9,14,16-17H,3,5-6,8,10-13H2,1-2H3,(H,27,31)(H,28,32). The maximum Gasteiger partial charge on any atom is 0.573 e. The van der Waals surface area contributed by atoms with Crippen LogP contribution in [0.25, 0.3) is 0 Å². The van der Waals surface area contributed by atoms with E-state index in [9.17, 15) is 27.2 Å². The summed E-state index contributed by atoms with van der Waals surface area (Å²) in [5.74, 6) is -1.53. The number of hydrogen-bond acceptors (Lipinski definition) is 4. The molecule has 2 atom stereocenters. The van der Waals surface area contributed by atoms with Crippen molar-refractivity contribution in [2.45, 2.75) is 51.2 Å². The molecule has 0 aromatic heterocycles. The molecule has 2 unspecified atom stereocenters. The van der Waals surface area contributed by atoms with Crippen molar-refractivity contribution in [3.63, 3.8) is 0 Å². The first kappa shape index (κ1) is 25.9. The second-order valence-electron chi connectivity index (χ2n) is 8.47. The van der Waals surface area contributed by atoms with E-state index < -0.39 is 24.0 Å². The molecule has 4 amide bonds. The highest BCUT2D eigenvalue weighted by Crippen LogP contribution is 2.33. The molecule has 0 radical (unpaired) electrons. The topological polar surface area (TPSA) is 83.1 Å². The van der Waals surface area contributed by atoms with Crippen LogP contribution in [-0.2, 0) is 11.3 Å². The van der Waals surface area contributed by atoms with Gasteiger partial charge in [0, 0.05) is 56.9 Å². The molecule has 190 valence electrons. The number of rotatable bonds is 8. The first-order chi connectivity index (χ1) is 16.1. The molecule has 8 nitrogen and oxygen atoms in total. The number of carbonyl (C=O) groups excluding carboxylic acids is 2. The van der Waals surface area contributed by atoms with Gasteiger partial charge in [0.05, 0.1) is 12.6 Å². The van der Waals surface area contributed by atoms with E-state index in [2.05, 4.69) is 15.4 Å². The van der Waals surface area contributed by atoms with Gasteiger partial charge in [0.25, 0.3) is 0 Å². The van der Waals surface area contributed by atoms with Crippen LogP contribution in [0.4, 0.5) is 27.2 Å². The van der Waals surface area contributed by atoms with Crippen LogP contribution < -0.4 is 15.4 Å². The van der Waals surface area contributed by atoms with Crippen LogP contribution in [0.2, 0.25) is 0 Å². The summed E-state index contributed by atoms with van der Waals surface area (Å²) in [5, 5.41) is 5.30. The molecular weight excluding hydrogens is 460 g/mol. The molecule has 0 bridgehead atoms. The average Bonchev–Trinajstić information content (AvgIpc) is 3.60. The SMILES string of the molecule is CCOCC1CC(N(C(=O)NCc2ccc(OC(F)(F)F)cc2F)C2CC2)CN(C(=O)NC)C1. The zero-order valence-electron chi connectivity index (χ0n) is 19.2. The van der Waals surface area contributed by atoms with E-state index in [1.807, 2.05) is 6.92 Å². The maximum absolute atomic E-state index is 14.3. The van der Waals surface area contributed by atoms with E-state index in [0.717, 1.165) is 25.0 Å². The Hall–Kier alpha value is -2.76. The summed E-state index contributed by atoms with van der Waals surface area (Å²) in [6.45, 7) is 3.60. The summed E-state index contributed by atoms with van der Waals surface area (Å²) >= 11 is 0. The highest BCUT2D eigenvalue weighted by molar-refractivity contribution is 5.76. The second-order valence-corrected chi connectivity index (χ2v) is 8.47. The van der Waals surface area contributed by atoms with Gasteiger partial charge in [-0.1, -0.05) is 6.07 Å². The minimum atomic E-state index is -4.92. The van der Waals surface area contributed by atoms with E-state index >= 15 is 0 Å². The van der Waals surface area contributed by atoms with Crippen molar-refractivity contribution >= 4 is 12.1 Å². The molecule has 34 heavy (non-hydrogen) atoms. The number of halogens is 4. The Balaban J connectivity index is 1.67. The van der Waals surface area contributed by atoms with Gasteiger partial charge < -0.3 is 29.9 Å². The van der Waals surface area contributed by atoms with Crippen LogP contribution in [0, 0.1) is 11.7 Å². The maximum atomic E-state index is 14.3. The van der Waals surface area contributed by atoms with Crippen LogP contribution in [0.3, 0.4) is 0 Å². The fourth-order valence-electron chi connectivity index (χ4n) is 4.22.